The molecule has 2 heterocycles. The number of anilines is 1. The third kappa shape index (κ3) is 0.939. The Morgan fingerprint density at radius 3 is 2.75 bits per heavy atom. The number of nitrogens with one attached hydrogen (secondary N) is 1. The highest BCUT2D eigenvalue weighted by molar-refractivity contribution is 6.11. The monoisotopic (exact) mass is 216 g/mol. The lowest BCUT2D eigenvalue weighted by Gasteiger charge is -2.19. The van der Waals surface area contributed by atoms with Gasteiger partial charge in [-0.2, -0.15) is 0 Å². The summed E-state index contributed by atoms with van der Waals surface area (Å²) < 4.78 is 0. The molecule has 2 aliphatic rings. The number of nitrogens with zero attached hydrogens (tertiary/aromatic N) is 1. The first-order chi connectivity index (χ1) is 7.65. The van der Waals surface area contributed by atoms with Crippen molar-refractivity contribution >= 4 is 17.5 Å². The van der Waals surface area contributed by atoms with Gasteiger partial charge in [0.1, 0.15) is 5.41 Å². The van der Waals surface area contributed by atoms with E-state index in [1.807, 2.05) is 24.3 Å². The molecule has 1 fully saturated rings. The maximum absolute atomic E-state index is 12.3. The lowest BCUT2D eigenvalue weighted by atomic mass is 9.81. The Kier molecular flexibility index (Phi) is 1.67. The van der Waals surface area contributed by atoms with E-state index in [0.29, 0.717) is 6.54 Å². The number of carbonyl (C=O) groups excluding carboxylic acids is 2. The number of fused-ring (bicyclic) bond motifs is 2. The number of hydrogen-bond acceptors (Lipinski definition) is 2. The summed E-state index contributed by atoms with van der Waals surface area (Å²) in [4.78, 5) is 25.3. The summed E-state index contributed by atoms with van der Waals surface area (Å²) in [6.45, 7) is 0.423. The van der Waals surface area contributed by atoms with Crippen molar-refractivity contribution in [3.63, 3.8) is 0 Å². The Balaban J connectivity index is 2.21. The smallest absolute Gasteiger partial charge is 0.239 e. The quantitative estimate of drug-likeness (QED) is 0.683. The zero-order valence-corrected chi connectivity index (χ0v) is 8.99. The maximum Gasteiger partial charge on any atom is 0.239 e. The lowest BCUT2D eigenvalue weighted by Crippen LogP contribution is -2.40. The van der Waals surface area contributed by atoms with Crippen LogP contribution in [0.15, 0.2) is 24.3 Å². The fraction of sp³-hybridized carbons (Fsp3) is 0.333. The molecule has 0 aliphatic carbocycles. The lowest BCUT2D eigenvalue weighted by molar-refractivity contribution is -0.125. The molecule has 0 radical (unpaired) electrons. The number of rotatable bonds is 0. The van der Waals surface area contributed by atoms with Gasteiger partial charge in [-0.25, -0.2) is 0 Å². The molecule has 1 unspecified atom stereocenters. The van der Waals surface area contributed by atoms with Crippen LogP contribution in [0.5, 0.6) is 0 Å². The Labute approximate surface area is 93.2 Å². The third-order valence-corrected chi connectivity index (χ3v) is 3.54. The number of carbonyl (C=O) groups is 2. The Bertz CT molecular complexity index is 498. The van der Waals surface area contributed by atoms with E-state index < -0.39 is 5.41 Å². The average molecular weight is 216 g/mol. The van der Waals surface area contributed by atoms with E-state index in [9.17, 15) is 9.59 Å². The van der Waals surface area contributed by atoms with Crippen LogP contribution in [0.25, 0.3) is 0 Å². The fourth-order valence-electron chi connectivity index (χ4n) is 2.71. The Hall–Kier alpha value is -1.84. The van der Waals surface area contributed by atoms with Gasteiger partial charge < -0.3 is 10.2 Å². The van der Waals surface area contributed by atoms with E-state index in [-0.39, 0.29) is 18.2 Å². The number of likely N-dealkylation sites (N-methyl/N-ethyl adjacent to an activating group) is 1. The fourth-order valence-corrected chi connectivity index (χ4v) is 2.71. The average Bonchev–Trinajstić information content (AvgIpc) is 2.78. The highest BCUT2D eigenvalue weighted by Gasteiger charge is 2.53. The summed E-state index contributed by atoms with van der Waals surface area (Å²) >= 11 is 0. The van der Waals surface area contributed by atoms with Crippen molar-refractivity contribution in [1.82, 2.24) is 5.32 Å². The van der Waals surface area contributed by atoms with E-state index in [4.69, 9.17) is 0 Å². The molecule has 0 bridgehead atoms. The van der Waals surface area contributed by atoms with Crippen LogP contribution in [-0.2, 0) is 15.0 Å². The summed E-state index contributed by atoms with van der Waals surface area (Å²) in [7, 11) is 1.76. The first-order valence-electron chi connectivity index (χ1n) is 5.29. The van der Waals surface area contributed by atoms with E-state index in [1.54, 1.807) is 11.9 Å². The van der Waals surface area contributed by atoms with Crippen LogP contribution in [0.2, 0.25) is 0 Å². The number of para-hydroxylation sites is 1. The molecular weight excluding hydrogens is 204 g/mol. The predicted molar refractivity (Wildman–Crippen MR) is 59.2 cm³/mol. The van der Waals surface area contributed by atoms with Crippen LogP contribution in [0.4, 0.5) is 5.69 Å². The molecule has 82 valence electrons. The Morgan fingerprint density at radius 2 is 2.06 bits per heavy atom. The van der Waals surface area contributed by atoms with Crippen molar-refractivity contribution in [2.24, 2.45) is 0 Å². The van der Waals surface area contributed by atoms with Crippen molar-refractivity contribution in [3.05, 3.63) is 29.8 Å². The second kappa shape index (κ2) is 2.84. The second-order valence-electron chi connectivity index (χ2n) is 4.42. The summed E-state index contributed by atoms with van der Waals surface area (Å²) in [5.74, 6) is -0.0227. The van der Waals surface area contributed by atoms with Gasteiger partial charge in [-0.3, -0.25) is 9.59 Å². The van der Waals surface area contributed by atoms with Gasteiger partial charge in [0.25, 0.3) is 0 Å². The molecule has 3 rings (SSSR count). The van der Waals surface area contributed by atoms with Crippen LogP contribution in [0.1, 0.15) is 12.0 Å². The third-order valence-electron chi connectivity index (χ3n) is 3.54. The predicted octanol–water partition coefficient (Wildman–Crippen LogP) is 0.421. The minimum atomic E-state index is -0.650. The van der Waals surface area contributed by atoms with Crippen molar-refractivity contribution in [3.8, 4) is 0 Å². The van der Waals surface area contributed by atoms with E-state index in [1.165, 1.54) is 0 Å². The first-order valence-corrected chi connectivity index (χ1v) is 5.29. The molecule has 1 spiro atoms. The first kappa shape index (κ1) is 9.39. The molecule has 1 aromatic carbocycles. The molecule has 1 saturated heterocycles. The standard InChI is InChI=1S/C12H12N2O2/c1-14-9-5-3-2-4-8(9)12(11(14)16)6-10(15)13-7-12/h2-5H,6-7H2,1H3,(H,13,15). The molecule has 1 aromatic rings. The SMILES string of the molecule is CN1C(=O)C2(CNC(=O)C2)c2ccccc21. The van der Waals surface area contributed by atoms with Crippen molar-refractivity contribution < 1.29 is 9.59 Å². The molecular formula is C12H12N2O2. The van der Waals surface area contributed by atoms with Crippen molar-refractivity contribution in [1.29, 1.82) is 0 Å². The summed E-state index contributed by atoms with van der Waals surface area (Å²) in [6.07, 6.45) is 0.271. The summed E-state index contributed by atoms with van der Waals surface area (Å²) in [5, 5.41) is 2.76. The van der Waals surface area contributed by atoms with Gasteiger partial charge in [-0.05, 0) is 11.6 Å². The van der Waals surface area contributed by atoms with Crippen LogP contribution >= 0.6 is 0 Å². The molecule has 4 heteroatoms. The van der Waals surface area contributed by atoms with Crippen LogP contribution < -0.4 is 10.2 Å². The Morgan fingerprint density at radius 1 is 1.31 bits per heavy atom. The number of benzene rings is 1. The normalized spacial score (nSPS) is 27.4. The van der Waals surface area contributed by atoms with Gasteiger partial charge in [0, 0.05) is 25.7 Å². The summed E-state index contributed by atoms with van der Waals surface area (Å²) in [6, 6.07) is 7.68. The molecule has 2 amide bonds. The van der Waals surface area contributed by atoms with E-state index >= 15 is 0 Å². The molecule has 1 N–H and O–H groups in total. The molecule has 2 aliphatic heterocycles. The highest BCUT2D eigenvalue weighted by atomic mass is 16.2. The molecule has 4 nitrogen and oxygen atoms in total. The van der Waals surface area contributed by atoms with E-state index in [2.05, 4.69) is 5.32 Å². The van der Waals surface area contributed by atoms with Gasteiger partial charge in [0.05, 0.1) is 0 Å². The highest BCUT2D eigenvalue weighted by Crippen LogP contribution is 2.44. The van der Waals surface area contributed by atoms with Crippen molar-refractivity contribution in [2.75, 3.05) is 18.5 Å². The van der Waals surface area contributed by atoms with Crippen LogP contribution in [-0.4, -0.2) is 25.4 Å². The number of amides is 2. The molecule has 16 heavy (non-hydrogen) atoms. The van der Waals surface area contributed by atoms with Crippen molar-refractivity contribution in [2.45, 2.75) is 11.8 Å². The van der Waals surface area contributed by atoms with Gasteiger partial charge in [0.15, 0.2) is 0 Å². The topological polar surface area (TPSA) is 49.4 Å². The minimum absolute atomic E-state index is 0.0204. The van der Waals surface area contributed by atoms with Gasteiger partial charge >= 0.3 is 0 Å². The van der Waals surface area contributed by atoms with E-state index in [0.717, 1.165) is 11.3 Å². The largest absolute Gasteiger partial charge is 0.355 e. The van der Waals surface area contributed by atoms with Gasteiger partial charge in [-0.1, -0.05) is 18.2 Å². The molecule has 0 saturated carbocycles. The second-order valence-corrected chi connectivity index (χ2v) is 4.42. The summed E-state index contributed by atoms with van der Waals surface area (Å²) in [5.41, 5.74) is 1.24. The number of hydrogen-bond donors (Lipinski definition) is 1. The van der Waals surface area contributed by atoms with Crippen LogP contribution in [0, 0.1) is 0 Å². The maximum atomic E-state index is 12.3. The van der Waals surface area contributed by atoms with Gasteiger partial charge in [-0.15, -0.1) is 0 Å². The molecule has 1 atom stereocenters. The minimum Gasteiger partial charge on any atom is -0.355 e. The molecule has 0 aromatic heterocycles. The van der Waals surface area contributed by atoms with Crippen LogP contribution in [0.3, 0.4) is 0 Å². The zero-order valence-electron chi connectivity index (χ0n) is 8.99. The zero-order chi connectivity index (χ0) is 11.3. The van der Waals surface area contributed by atoms with Gasteiger partial charge in [0.2, 0.25) is 11.8 Å².